The Kier molecular flexibility index (Phi) is 5.98. The number of rotatable bonds is 4. The van der Waals surface area contributed by atoms with Crippen LogP contribution in [0.1, 0.15) is 18.4 Å². The zero-order chi connectivity index (χ0) is 22.7. The van der Waals surface area contributed by atoms with Crippen LogP contribution < -0.4 is 4.90 Å². The monoisotopic (exact) mass is 443 g/mol. The fraction of sp³-hybridized carbons (Fsp3) is 0.261. The van der Waals surface area contributed by atoms with Gasteiger partial charge in [0.1, 0.15) is 0 Å². The SMILES string of the molecule is O=C(OC(=O)C(F)(F)F)C1CCN(c2nc3ccccc3n2/C=C\c2ccccc2)CC1. The second-order valence-corrected chi connectivity index (χ2v) is 7.46. The minimum Gasteiger partial charge on any atom is -0.386 e. The van der Waals surface area contributed by atoms with Gasteiger partial charge in [0.25, 0.3) is 0 Å². The molecule has 0 bridgehead atoms. The highest BCUT2D eigenvalue weighted by Crippen LogP contribution is 2.28. The van der Waals surface area contributed by atoms with Gasteiger partial charge in [-0.05, 0) is 36.6 Å². The van der Waals surface area contributed by atoms with Crippen LogP contribution in [0.3, 0.4) is 0 Å². The minimum absolute atomic E-state index is 0.259. The second kappa shape index (κ2) is 8.86. The Morgan fingerprint density at radius 2 is 1.66 bits per heavy atom. The number of benzene rings is 2. The van der Waals surface area contributed by atoms with Crippen molar-refractivity contribution in [2.45, 2.75) is 19.0 Å². The van der Waals surface area contributed by atoms with Crippen molar-refractivity contribution in [3.8, 4) is 0 Å². The van der Waals surface area contributed by atoms with Crippen LogP contribution in [0, 0.1) is 5.92 Å². The maximum absolute atomic E-state index is 12.3. The first-order valence-corrected chi connectivity index (χ1v) is 10.1. The summed E-state index contributed by atoms with van der Waals surface area (Å²) in [6.45, 7) is 0.783. The first-order valence-electron chi connectivity index (χ1n) is 10.1. The summed E-state index contributed by atoms with van der Waals surface area (Å²) in [5.41, 5.74) is 2.73. The molecule has 1 aliphatic heterocycles. The molecule has 0 aliphatic carbocycles. The lowest BCUT2D eigenvalue weighted by Crippen LogP contribution is -2.39. The highest BCUT2D eigenvalue weighted by atomic mass is 19.4. The minimum atomic E-state index is -5.19. The van der Waals surface area contributed by atoms with Gasteiger partial charge in [0.2, 0.25) is 5.95 Å². The lowest BCUT2D eigenvalue weighted by molar-refractivity contribution is -0.203. The topological polar surface area (TPSA) is 64.4 Å². The summed E-state index contributed by atoms with van der Waals surface area (Å²) in [6, 6.07) is 17.5. The van der Waals surface area contributed by atoms with Gasteiger partial charge in [-0.15, -0.1) is 0 Å². The molecule has 0 amide bonds. The van der Waals surface area contributed by atoms with Crippen LogP contribution in [-0.4, -0.2) is 40.8 Å². The molecular formula is C23H20F3N3O3. The number of piperidine rings is 1. The Labute approximate surface area is 181 Å². The number of carbonyl (C=O) groups is 2. The Bertz CT molecular complexity index is 1150. The van der Waals surface area contributed by atoms with Crippen LogP contribution >= 0.6 is 0 Å². The van der Waals surface area contributed by atoms with Gasteiger partial charge in [-0.3, -0.25) is 9.36 Å². The largest absolute Gasteiger partial charge is 0.491 e. The number of anilines is 1. The summed E-state index contributed by atoms with van der Waals surface area (Å²) in [7, 11) is 0. The average molecular weight is 443 g/mol. The number of ether oxygens (including phenoxy) is 1. The highest BCUT2D eigenvalue weighted by Gasteiger charge is 2.43. The van der Waals surface area contributed by atoms with Gasteiger partial charge >= 0.3 is 18.1 Å². The van der Waals surface area contributed by atoms with E-state index in [1.165, 1.54) is 0 Å². The van der Waals surface area contributed by atoms with Crippen molar-refractivity contribution < 1.29 is 27.5 Å². The molecule has 1 aliphatic rings. The molecule has 1 aromatic heterocycles. The number of imidazole rings is 1. The van der Waals surface area contributed by atoms with Crippen LogP contribution in [0.4, 0.5) is 19.1 Å². The maximum atomic E-state index is 12.3. The van der Waals surface area contributed by atoms with Crippen molar-refractivity contribution in [3.05, 3.63) is 60.2 Å². The summed E-state index contributed by atoms with van der Waals surface area (Å²) in [5, 5.41) is 0. The summed E-state index contributed by atoms with van der Waals surface area (Å²) >= 11 is 0. The highest BCUT2D eigenvalue weighted by molar-refractivity contribution is 5.89. The molecule has 4 rings (SSSR count). The Morgan fingerprint density at radius 1 is 1.00 bits per heavy atom. The van der Waals surface area contributed by atoms with Crippen LogP contribution in [0.5, 0.6) is 0 Å². The number of hydrogen-bond acceptors (Lipinski definition) is 5. The lowest BCUT2D eigenvalue weighted by Gasteiger charge is -2.31. The van der Waals surface area contributed by atoms with E-state index in [2.05, 4.69) is 4.74 Å². The van der Waals surface area contributed by atoms with E-state index in [-0.39, 0.29) is 12.8 Å². The van der Waals surface area contributed by atoms with E-state index in [1.54, 1.807) is 0 Å². The number of carbonyl (C=O) groups excluding carboxylic acids is 2. The quantitative estimate of drug-likeness (QED) is 0.439. The van der Waals surface area contributed by atoms with Gasteiger partial charge in [-0.2, -0.15) is 13.2 Å². The number of aromatic nitrogens is 2. The Morgan fingerprint density at radius 3 is 2.34 bits per heavy atom. The molecule has 6 nitrogen and oxygen atoms in total. The average Bonchev–Trinajstić information content (AvgIpc) is 3.16. The van der Waals surface area contributed by atoms with Gasteiger partial charge in [0.15, 0.2) is 0 Å². The molecule has 0 spiro atoms. The van der Waals surface area contributed by atoms with Crippen molar-refractivity contribution in [2.24, 2.45) is 5.92 Å². The maximum Gasteiger partial charge on any atom is 0.491 e. The van der Waals surface area contributed by atoms with Gasteiger partial charge in [-0.1, -0.05) is 42.5 Å². The van der Waals surface area contributed by atoms with Crippen molar-refractivity contribution in [1.82, 2.24) is 9.55 Å². The molecule has 1 fully saturated rings. The number of fused-ring (bicyclic) bond motifs is 1. The summed E-state index contributed by atoms with van der Waals surface area (Å²) < 4.78 is 43.0. The Balaban J connectivity index is 1.52. The molecule has 9 heteroatoms. The first-order chi connectivity index (χ1) is 15.3. The fourth-order valence-corrected chi connectivity index (χ4v) is 3.67. The molecule has 0 radical (unpaired) electrons. The van der Waals surface area contributed by atoms with E-state index in [9.17, 15) is 22.8 Å². The van der Waals surface area contributed by atoms with Crippen molar-refractivity contribution in [3.63, 3.8) is 0 Å². The van der Waals surface area contributed by atoms with Crippen LogP contribution in [-0.2, 0) is 14.3 Å². The zero-order valence-electron chi connectivity index (χ0n) is 17.0. The molecule has 3 aromatic rings. The molecule has 0 saturated carbocycles. The van der Waals surface area contributed by atoms with Gasteiger partial charge in [0.05, 0.1) is 17.0 Å². The second-order valence-electron chi connectivity index (χ2n) is 7.46. The van der Waals surface area contributed by atoms with Crippen LogP contribution in [0.25, 0.3) is 23.3 Å². The summed E-state index contributed by atoms with van der Waals surface area (Å²) in [5.74, 6) is -3.70. The molecule has 2 heterocycles. The summed E-state index contributed by atoms with van der Waals surface area (Å²) in [4.78, 5) is 29.6. The number of para-hydroxylation sites is 2. The third kappa shape index (κ3) is 4.66. The summed E-state index contributed by atoms with van der Waals surface area (Å²) in [6.07, 6.45) is -0.787. The number of hydrogen-bond donors (Lipinski definition) is 0. The van der Waals surface area contributed by atoms with E-state index in [1.807, 2.05) is 76.3 Å². The van der Waals surface area contributed by atoms with Crippen LogP contribution in [0.2, 0.25) is 0 Å². The predicted octanol–water partition coefficient (Wildman–Crippen LogP) is 4.51. The number of alkyl halides is 3. The molecule has 1 saturated heterocycles. The van der Waals surface area contributed by atoms with E-state index in [4.69, 9.17) is 4.98 Å². The van der Waals surface area contributed by atoms with E-state index >= 15 is 0 Å². The van der Waals surface area contributed by atoms with E-state index < -0.39 is 24.0 Å². The van der Waals surface area contributed by atoms with Gasteiger partial charge in [0, 0.05) is 19.3 Å². The van der Waals surface area contributed by atoms with Crippen molar-refractivity contribution in [1.29, 1.82) is 0 Å². The smallest absolute Gasteiger partial charge is 0.386 e. The van der Waals surface area contributed by atoms with Crippen LogP contribution in [0.15, 0.2) is 54.6 Å². The van der Waals surface area contributed by atoms with Gasteiger partial charge in [-0.25, -0.2) is 9.78 Å². The molecule has 0 N–H and O–H groups in total. The standard InChI is InChI=1S/C23H20F3N3O3/c24-23(25,26)21(31)32-20(30)17-11-13-28(14-12-17)22-27-18-8-4-5-9-19(18)29(22)15-10-16-6-2-1-3-7-16/h1-10,15,17H,11-14H2/b15-10-. The van der Waals surface area contributed by atoms with Gasteiger partial charge < -0.3 is 9.64 Å². The van der Waals surface area contributed by atoms with Crippen molar-refractivity contribution in [2.75, 3.05) is 18.0 Å². The fourth-order valence-electron chi connectivity index (χ4n) is 3.67. The third-order valence-electron chi connectivity index (χ3n) is 5.33. The van der Waals surface area contributed by atoms with E-state index in [0.717, 1.165) is 16.6 Å². The molecule has 0 unspecified atom stereocenters. The Hall–Kier alpha value is -3.62. The molecule has 2 aromatic carbocycles. The normalized spacial score (nSPS) is 15.4. The number of esters is 2. The number of halogens is 3. The zero-order valence-corrected chi connectivity index (χ0v) is 17.0. The van der Waals surface area contributed by atoms with Crippen molar-refractivity contribution >= 4 is 41.2 Å². The molecule has 166 valence electrons. The third-order valence-corrected chi connectivity index (χ3v) is 5.33. The first kappa shape index (κ1) is 21.6. The lowest BCUT2D eigenvalue weighted by atomic mass is 9.97. The van der Waals surface area contributed by atoms with E-state index in [0.29, 0.717) is 19.0 Å². The number of nitrogens with zero attached hydrogens (tertiary/aromatic N) is 3. The predicted molar refractivity (Wildman–Crippen MR) is 113 cm³/mol. The molecular weight excluding hydrogens is 423 g/mol. The molecule has 32 heavy (non-hydrogen) atoms. The molecule has 0 atom stereocenters.